The lowest BCUT2D eigenvalue weighted by Gasteiger charge is -2.29. The Labute approximate surface area is 157 Å². The first-order valence-corrected chi connectivity index (χ1v) is 10.7. The monoisotopic (exact) mass is 396 g/mol. The zero-order valence-corrected chi connectivity index (χ0v) is 15.8. The van der Waals surface area contributed by atoms with Gasteiger partial charge in [0, 0.05) is 11.8 Å². The molecule has 0 amide bonds. The van der Waals surface area contributed by atoms with E-state index in [1.54, 1.807) is 18.3 Å². The largest absolute Gasteiger partial charge is 0.372 e. The molecule has 0 saturated heterocycles. The number of nitrogens with one attached hydrogen (secondary N) is 1. The number of ether oxygens (including phenoxy) is 1. The summed E-state index contributed by atoms with van der Waals surface area (Å²) < 4.78 is 59.1. The second-order valence-electron chi connectivity index (χ2n) is 6.79. The molecule has 2 aromatic rings. The predicted molar refractivity (Wildman–Crippen MR) is 98.8 cm³/mol. The molecule has 0 spiro atoms. The Morgan fingerprint density at radius 2 is 1.78 bits per heavy atom. The predicted octanol–water partition coefficient (Wildman–Crippen LogP) is 3.97. The first-order chi connectivity index (χ1) is 12.8. The van der Waals surface area contributed by atoms with Crippen molar-refractivity contribution in [3.63, 3.8) is 0 Å². The van der Waals surface area contributed by atoms with E-state index in [4.69, 9.17) is 4.74 Å². The van der Waals surface area contributed by atoms with Crippen molar-refractivity contribution in [2.24, 2.45) is 0 Å². The van der Waals surface area contributed by atoms with Gasteiger partial charge in [-0.3, -0.25) is 9.71 Å². The van der Waals surface area contributed by atoms with Crippen LogP contribution < -0.4 is 4.72 Å². The summed E-state index contributed by atoms with van der Waals surface area (Å²) in [4.78, 5) is 4.18. The zero-order chi connectivity index (χ0) is 19.4. The molecule has 1 fully saturated rings. The smallest absolute Gasteiger partial charge is 0.229 e. The van der Waals surface area contributed by atoms with Crippen LogP contribution in [0.25, 0.3) is 0 Å². The highest BCUT2D eigenvalue weighted by molar-refractivity contribution is 7.92. The SMILES string of the molecule is CS(=O)(=O)Nc1cccnc1CO[C@H]1CC[C@@H](c2c(F)cccc2F)CC1. The van der Waals surface area contributed by atoms with Crippen molar-refractivity contribution in [1.82, 2.24) is 4.98 Å². The highest BCUT2D eigenvalue weighted by Gasteiger charge is 2.27. The van der Waals surface area contributed by atoms with Crippen LogP contribution in [0.3, 0.4) is 0 Å². The van der Waals surface area contributed by atoms with Crippen molar-refractivity contribution in [3.8, 4) is 0 Å². The quantitative estimate of drug-likeness (QED) is 0.802. The van der Waals surface area contributed by atoms with Crippen LogP contribution >= 0.6 is 0 Å². The van der Waals surface area contributed by atoms with Crippen LogP contribution in [-0.4, -0.2) is 25.8 Å². The third kappa shape index (κ3) is 5.23. The molecule has 1 heterocycles. The van der Waals surface area contributed by atoms with Gasteiger partial charge < -0.3 is 4.74 Å². The molecular formula is C19H22F2N2O3S. The maximum absolute atomic E-state index is 13.9. The third-order valence-electron chi connectivity index (χ3n) is 4.72. The van der Waals surface area contributed by atoms with Crippen LogP contribution in [0.4, 0.5) is 14.5 Å². The first kappa shape index (κ1) is 19.7. The van der Waals surface area contributed by atoms with Gasteiger partial charge in [0.2, 0.25) is 10.0 Å². The van der Waals surface area contributed by atoms with Gasteiger partial charge in [-0.2, -0.15) is 0 Å². The second-order valence-corrected chi connectivity index (χ2v) is 8.54. The molecule has 1 saturated carbocycles. The molecule has 0 atom stereocenters. The Kier molecular flexibility index (Phi) is 6.06. The van der Waals surface area contributed by atoms with E-state index in [-0.39, 0.29) is 24.2 Å². The molecule has 1 aromatic carbocycles. The number of aromatic nitrogens is 1. The van der Waals surface area contributed by atoms with Crippen molar-refractivity contribution >= 4 is 15.7 Å². The second kappa shape index (κ2) is 8.31. The summed E-state index contributed by atoms with van der Waals surface area (Å²) in [6, 6.07) is 7.23. The number of sulfonamides is 1. The molecule has 1 aromatic heterocycles. The summed E-state index contributed by atoms with van der Waals surface area (Å²) >= 11 is 0. The molecule has 0 bridgehead atoms. The van der Waals surface area contributed by atoms with Gasteiger partial charge in [-0.1, -0.05) is 6.07 Å². The Morgan fingerprint density at radius 1 is 1.11 bits per heavy atom. The molecule has 27 heavy (non-hydrogen) atoms. The summed E-state index contributed by atoms with van der Waals surface area (Å²) in [5.41, 5.74) is 1.06. The third-order valence-corrected chi connectivity index (χ3v) is 5.31. The van der Waals surface area contributed by atoms with Gasteiger partial charge >= 0.3 is 0 Å². The van der Waals surface area contributed by atoms with Gasteiger partial charge in [-0.25, -0.2) is 17.2 Å². The van der Waals surface area contributed by atoms with E-state index in [0.29, 0.717) is 37.1 Å². The maximum Gasteiger partial charge on any atom is 0.229 e. The lowest BCUT2D eigenvalue weighted by molar-refractivity contribution is 0.0117. The molecule has 0 unspecified atom stereocenters. The van der Waals surface area contributed by atoms with E-state index in [9.17, 15) is 17.2 Å². The summed E-state index contributed by atoms with van der Waals surface area (Å²) in [5, 5.41) is 0. The molecule has 146 valence electrons. The number of hydrogen-bond donors (Lipinski definition) is 1. The Hall–Kier alpha value is -2.06. The van der Waals surface area contributed by atoms with Gasteiger partial charge in [0.1, 0.15) is 11.6 Å². The molecular weight excluding hydrogens is 374 g/mol. The molecule has 1 aliphatic carbocycles. The Balaban J connectivity index is 1.58. The van der Waals surface area contributed by atoms with Gasteiger partial charge in [0.15, 0.2) is 0 Å². The number of rotatable bonds is 6. The molecule has 3 rings (SSSR count). The van der Waals surface area contributed by atoms with Gasteiger partial charge in [-0.05, 0) is 55.9 Å². The summed E-state index contributed by atoms with van der Waals surface area (Å²) in [7, 11) is -3.41. The molecule has 1 aliphatic rings. The van der Waals surface area contributed by atoms with E-state index in [2.05, 4.69) is 9.71 Å². The molecule has 8 heteroatoms. The highest BCUT2D eigenvalue weighted by atomic mass is 32.2. The van der Waals surface area contributed by atoms with Crippen LogP contribution in [0, 0.1) is 11.6 Å². The standard InChI is InChI=1S/C19H22F2N2O3S/c1-27(24,25)23-17-6-3-11-22-18(17)12-26-14-9-7-13(8-10-14)19-15(20)4-2-5-16(19)21/h2-6,11,13-14,23H,7-10,12H2,1H3/t13-,14+. The summed E-state index contributed by atoms with van der Waals surface area (Å²) in [5.74, 6) is -1.14. The zero-order valence-electron chi connectivity index (χ0n) is 15.0. The van der Waals surface area contributed by atoms with Crippen LogP contribution in [-0.2, 0) is 21.4 Å². The van der Waals surface area contributed by atoms with E-state index in [0.717, 1.165) is 6.26 Å². The van der Waals surface area contributed by atoms with Crippen LogP contribution in [0.5, 0.6) is 0 Å². The Bertz CT molecular complexity index is 877. The normalized spacial score (nSPS) is 20.4. The summed E-state index contributed by atoms with van der Waals surface area (Å²) in [6.07, 6.45) is 5.24. The van der Waals surface area contributed by atoms with E-state index < -0.39 is 21.7 Å². The Morgan fingerprint density at radius 3 is 2.41 bits per heavy atom. The number of nitrogens with zero attached hydrogens (tertiary/aromatic N) is 1. The summed E-state index contributed by atoms with van der Waals surface area (Å²) in [6.45, 7) is 0.169. The fourth-order valence-corrected chi connectivity index (χ4v) is 4.05. The number of halogens is 2. The molecule has 1 N–H and O–H groups in total. The van der Waals surface area contributed by atoms with Crippen LogP contribution in [0.15, 0.2) is 36.5 Å². The minimum absolute atomic E-state index is 0.0517. The lowest BCUT2D eigenvalue weighted by atomic mass is 9.82. The van der Waals surface area contributed by atoms with Crippen LogP contribution in [0.1, 0.15) is 42.9 Å². The van der Waals surface area contributed by atoms with E-state index in [1.165, 1.54) is 18.2 Å². The van der Waals surface area contributed by atoms with Gasteiger partial charge in [0.05, 0.1) is 30.3 Å². The fourth-order valence-electron chi connectivity index (χ4n) is 3.46. The highest BCUT2D eigenvalue weighted by Crippen LogP contribution is 2.36. The van der Waals surface area contributed by atoms with Crippen molar-refractivity contribution in [2.45, 2.75) is 44.3 Å². The number of hydrogen-bond acceptors (Lipinski definition) is 4. The number of pyridine rings is 1. The minimum Gasteiger partial charge on any atom is -0.372 e. The number of benzene rings is 1. The van der Waals surface area contributed by atoms with Crippen molar-refractivity contribution in [1.29, 1.82) is 0 Å². The van der Waals surface area contributed by atoms with E-state index >= 15 is 0 Å². The van der Waals surface area contributed by atoms with Gasteiger partial charge in [0.25, 0.3) is 0 Å². The lowest BCUT2D eigenvalue weighted by Crippen LogP contribution is -2.22. The average molecular weight is 396 g/mol. The van der Waals surface area contributed by atoms with E-state index in [1.807, 2.05) is 0 Å². The molecule has 5 nitrogen and oxygen atoms in total. The molecule has 0 radical (unpaired) electrons. The van der Waals surface area contributed by atoms with Crippen molar-refractivity contribution in [3.05, 3.63) is 59.4 Å². The van der Waals surface area contributed by atoms with Gasteiger partial charge in [-0.15, -0.1) is 0 Å². The topological polar surface area (TPSA) is 68.3 Å². The minimum atomic E-state index is -3.41. The van der Waals surface area contributed by atoms with Crippen LogP contribution in [0.2, 0.25) is 0 Å². The van der Waals surface area contributed by atoms with Crippen molar-refractivity contribution in [2.75, 3.05) is 11.0 Å². The van der Waals surface area contributed by atoms with Crippen molar-refractivity contribution < 1.29 is 21.9 Å². The number of anilines is 1. The maximum atomic E-state index is 13.9. The first-order valence-electron chi connectivity index (χ1n) is 8.80. The fraction of sp³-hybridized carbons (Fsp3) is 0.421. The molecule has 0 aliphatic heterocycles. The average Bonchev–Trinajstić information content (AvgIpc) is 2.61.